The van der Waals surface area contributed by atoms with E-state index in [0.717, 1.165) is 330 Å². The van der Waals surface area contributed by atoms with E-state index in [2.05, 4.69) is 217 Å². The van der Waals surface area contributed by atoms with E-state index < -0.39 is 0 Å². The summed E-state index contributed by atoms with van der Waals surface area (Å²) in [6.07, 6.45) is 53.7. The van der Waals surface area contributed by atoms with E-state index in [9.17, 15) is 0 Å². The number of hydrogen-bond acceptors (Lipinski definition) is 14. The molecule has 6 aromatic carbocycles. The molecule has 0 unspecified atom stereocenters. The van der Waals surface area contributed by atoms with E-state index in [-0.39, 0.29) is 40.2 Å². The minimum atomic E-state index is 0. The average Bonchev–Trinajstić information content (AvgIpc) is 1.61. The van der Waals surface area contributed by atoms with E-state index in [0.29, 0.717) is 22.9 Å². The van der Waals surface area contributed by atoms with Crippen molar-refractivity contribution in [2.75, 3.05) is 0 Å². The van der Waals surface area contributed by atoms with Gasteiger partial charge in [-0.3, -0.25) is 0 Å². The van der Waals surface area contributed by atoms with E-state index in [1.807, 2.05) is 64.0 Å². The maximum atomic E-state index is 6.55. The molecule has 141 heavy (non-hydrogen) atoms. The van der Waals surface area contributed by atoms with Gasteiger partial charge in [0.15, 0.2) is 0 Å². The van der Waals surface area contributed by atoms with Gasteiger partial charge in [0.25, 0.3) is 0 Å². The molecule has 20 aromatic rings. The fraction of sp³-hybridized carbons (Fsp3) is 0.312. The molecule has 38 rings (SSSR count). The third-order valence-electron chi connectivity index (χ3n) is 28.6. The van der Waals surface area contributed by atoms with Gasteiger partial charge in [0.1, 0.15) is 0 Å². The molecule has 0 saturated heterocycles. The largest absolute Gasteiger partial charge is 3.00 e. The van der Waals surface area contributed by atoms with Gasteiger partial charge in [0, 0.05) is 82.0 Å². The van der Waals surface area contributed by atoms with Crippen LogP contribution in [0.3, 0.4) is 0 Å². The summed E-state index contributed by atoms with van der Waals surface area (Å²) in [5.74, 6) is 0. The number of benzene rings is 6. The number of fused-ring (bicyclic) bond motifs is 10. The zero-order chi connectivity index (χ0) is 93.6. The molecule has 0 N–H and O–H groups in total. The van der Waals surface area contributed by atoms with Gasteiger partial charge < -0.3 is 47.6 Å². The first kappa shape index (κ1) is 97.2. The summed E-state index contributed by atoms with van der Waals surface area (Å²) in [4.78, 5) is 48.5. The second-order valence-electron chi connectivity index (χ2n) is 38.8. The zero-order valence-electron chi connectivity index (χ0n) is 81.1. The standard InChI is InChI=1S/C63H60N5O2.C62H58N5O2.2Ir/c1-42-21-32-53-58-49-19-13-7-5-11-16-45-25-36-55(64-39-45)48-28-23-44(24-29-48)15-9-3-4-10-17-46-26-37-56(65-40-46)51-34-31-50(59-54-33-22-43(2)68-63(54)69-60(51)59)20-14-8-6-12-18-47-27-38-57(66-41-47)52(35-30-49)61(58)70-62(53)67-42;1-42-22-32-53-58-49-20-13-7-5-11-18-46-26-36-55(65-40-46)50-33-30-48(57-52-21-14-38-63-61(52)68-59(50)57)19-12-6-4-10-16-44-25-35-54(64-39-44)47-28-23-43(24-29-47)15-8-2-3-9-17-45-27-37-56(66-41-45)51(34-31-49)60(58)69-62(53)67-42;;/h21-28,30-33,36-41H,3-20H2,1-2H3;14,21-28,30-32,35-41H,2-13,15-20H2,1H3;;/q2*-3;2*+3. The fourth-order valence-corrected chi connectivity index (χ4v) is 20.8. The number of hydrogen-bond donors (Lipinski definition) is 0. The van der Waals surface area contributed by atoms with Crippen LogP contribution in [-0.2, 0) is 117 Å². The number of furan rings is 4. The van der Waals surface area contributed by atoms with Gasteiger partial charge in [-0.05, 0) is 214 Å². The molecule has 0 saturated carbocycles. The Morgan fingerprint density at radius 1 is 0.213 bits per heavy atom. The molecule has 0 radical (unpaired) electrons. The predicted octanol–water partition coefficient (Wildman–Crippen LogP) is 31.3. The third kappa shape index (κ3) is 22.9. The molecule has 16 heteroatoms. The molecule has 12 aliphatic heterocycles. The van der Waals surface area contributed by atoms with Gasteiger partial charge in [0.2, 0.25) is 22.9 Å². The Bertz CT molecular complexity index is 7640. The van der Waals surface area contributed by atoms with Crippen molar-refractivity contribution in [3.63, 3.8) is 0 Å². The molecule has 18 aliphatic rings. The molecule has 0 atom stereocenters. The monoisotopic (exact) mass is 2210 g/mol. The van der Waals surface area contributed by atoms with Crippen LogP contribution in [0.4, 0.5) is 0 Å². The minimum Gasteiger partial charge on any atom is -0.486 e. The SMILES string of the molecule is Cc1ccc2c(n1)oc1c3[c-]cc(c12)CCCCCCc1ccc(nc1)-c1[c-]cc(c2c1oc1ncccc12)CCCCCCc1ccc(nc1)-c1[c-]cc(cc1)CCCCCCc1ccc-3nc1.Cc1ccc2c(n1)oc1c3[c-]cc(c12)CCCCCCc1ccc(nc1)-c1[c-]cc(cc1)CCCCCCc1ccc(nc1)-c1[c-]cc(c2c1oc1nc(C)ccc12)CCCCCCc1ccc-3nc1.[Ir+3].[Ir+3]. The van der Waals surface area contributed by atoms with E-state index in [1.54, 1.807) is 6.20 Å². The van der Waals surface area contributed by atoms with Crippen molar-refractivity contribution in [1.29, 1.82) is 0 Å². The number of aryl methyl sites for hydroxylation is 15. The van der Waals surface area contributed by atoms with Crippen molar-refractivity contribution < 1.29 is 57.9 Å². The van der Waals surface area contributed by atoms with Crippen LogP contribution in [0, 0.1) is 57.2 Å². The summed E-state index contributed by atoms with van der Waals surface area (Å²) < 4.78 is 26.1. The van der Waals surface area contributed by atoms with Crippen molar-refractivity contribution in [2.24, 2.45) is 0 Å². The summed E-state index contributed by atoms with van der Waals surface area (Å²) in [7, 11) is 0. The number of rotatable bonds is 0. The van der Waals surface area contributed by atoms with Crippen LogP contribution in [0.1, 0.15) is 238 Å². The Morgan fingerprint density at radius 3 is 0.709 bits per heavy atom. The Kier molecular flexibility index (Phi) is 31.9. The Hall–Kier alpha value is -12.7. The Labute approximate surface area is 854 Å². The van der Waals surface area contributed by atoms with Crippen molar-refractivity contribution in [3.8, 4) is 67.5 Å². The van der Waals surface area contributed by atoms with Crippen LogP contribution in [0.5, 0.6) is 0 Å². The van der Waals surface area contributed by atoms with Crippen LogP contribution in [0.2, 0.25) is 0 Å². The smallest absolute Gasteiger partial charge is 0.486 e. The molecular weight excluding hydrogens is 2090 g/mol. The number of pyridine rings is 10. The van der Waals surface area contributed by atoms with Crippen molar-refractivity contribution in [1.82, 2.24) is 49.8 Å². The van der Waals surface area contributed by atoms with Crippen LogP contribution in [0.15, 0.2) is 243 Å². The van der Waals surface area contributed by atoms with Crippen molar-refractivity contribution in [3.05, 3.63) is 346 Å². The van der Waals surface area contributed by atoms with Crippen LogP contribution in [-0.4, -0.2) is 49.8 Å². The van der Waals surface area contributed by atoms with Crippen LogP contribution >= 0.6 is 0 Å². The van der Waals surface area contributed by atoms with Crippen molar-refractivity contribution in [2.45, 2.75) is 252 Å². The van der Waals surface area contributed by atoms with Gasteiger partial charge in [-0.1, -0.05) is 271 Å². The first-order valence-electron chi connectivity index (χ1n) is 51.3. The van der Waals surface area contributed by atoms with Gasteiger partial charge >= 0.3 is 40.2 Å². The van der Waals surface area contributed by atoms with E-state index in [4.69, 9.17) is 62.5 Å². The number of aromatic nitrogens is 10. The summed E-state index contributed by atoms with van der Waals surface area (Å²) >= 11 is 0. The fourth-order valence-electron chi connectivity index (χ4n) is 20.8. The van der Waals surface area contributed by atoms with E-state index in [1.165, 1.54) is 118 Å². The molecule has 0 amide bonds. The van der Waals surface area contributed by atoms with Crippen LogP contribution < -0.4 is 0 Å². The minimum absolute atomic E-state index is 0. The molecular formula is C125H118Ir2N10O4. The topological polar surface area (TPSA) is 181 Å². The quantitative estimate of drug-likeness (QED) is 0.131. The third-order valence-corrected chi connectivity index (χ3v) is 28.6. The Balaban J connectivity index is 0.000000177. The van der Waals surface area contributed by atoms with Gasteiger partial charge in [-0.25, -0.2) is 19.9 Å². The molecule has 14 nitrogen and oxygen atoms in total. The summed E-state index contributed by atoms with van der Waals surface area (Å²) in [5.41, 5.74) is 35.3. The van der Waals surface area contributed by atoms with Gasteiger partial charge in [-0.15, -0.1) is 142 Å². The second kappa shape index (κ2) is 46.4. The molecule has 14 aromatic heterocycles. The zero-order valence-corrected chi connectivity index (χ0v) is 85.9. The van der Waals surface area contributed by atoms with Gasteiger partial charge in [-0.2, -0.15) is 0 Å². The maximum Gasteiger partial charge on any atom is 3.00 e. The average molecular weight is 2210 g/mol. The normalized spacial score (nSPS) is 14.9. The second-order valence-corrected chi connectivity index (χ2v) is 38.8. The van der Waals surface area contributed by atoms with Crippen LogP contribution in [0.25, 0.3) is 156 Å². The summed E-state index contributed by atoms with van der Waals surface area (Å²) in [5, 5.41) is 8.80. The first-order valence-corrected chi connectivity index (χ1v) is 51.3. The molecule has 0 fully saturated rings. The molecule has 24 bridgehead atoms. The van der Waals surface area contributed by atoms with Crippen molar-refractivity contribution >= 4 is 88.3 Å². The number of nitrogens with zero attached hydrogens (tertiary/aromatic N) is 10. The van der Waals surface area contributed by atoms with Gasteiger partial charge in [0.05, 0.1) is 22.3 Å². The van der Waals surface area contributed by atoms with E-state index >= 15 is 0 Å². The molecule has 0 spiro atoms. The molecule has 26 heterocycles. The summed E-state index contributed by atoms with van der Waals surface area (Å²) in [6, 6.07) is 86.2. The molecule has 6 aliphatic carbocycles. The predicted molar refractivity (Wildman–Crippen MR) is 561 cm³/mol. The molecule has 710 valence electrons. The Morgan fingerprint density at radius 2 is 0.454 bits per heavy atom. The first-order chi connectivity index (χ1) is 68.6. The summed E-state index contributed by atoms with van der Waals surface area (Å²) in [6.45, 7) is 6.04. The maximum absolute atomic E-state index is 6.55.